The van der Waals surface area contributed by atoms with Crippen LogP contribution in [0.15, 0.2) is 0 Å². The summed E-state index contributed by atoms with van der Waals surface area (Å²) in [6.07, 6.45) is 4.14. The third-order valence-electron chi connectivity index (χ3n) is 4.66. The second-order valence-electron chi connectivity index (χ2n) is 6.36. The van der Waals surface area contributed by atoms with E-state index in [9.17, 15) is 19.5 Å². The van der Waals surface area contributed by atoms with Gasteiger partial charge in [0.15, 0.2) is 0 Å². The van der Waals surface area contributed by atoms with Gasteiger partial charge in [-0.25, -0.2) is 0 Å². The molecule has 0 bridgehead atoms. The molecule has 0 aromatic carbocycles. The maximum atomic E-state index is 12.1. The van der Waals surface area contributed by atoms with Crippen molar-refractivity contribution in [1.82, 2.24) is 10.2 Å². The van der Waals surface area contributed by atoms with Gasteiger partial charge in [-0.3, -0.25) is 19.3 Å². The number of imide groups is 1. The molecule has 1 saturated carbocycles. The summed E-state index contributed by atoms with van der Waals surface area (Å²) < 4.78 is 0. The molecule has 0 aromatic rings. The second-order valence-corrected chi connectivity index (χ2v) is 6.36. The minimum atomic E-state index is -0.525. The minimum Gasteiger partial charge on any atom is -0.394 e. The van der Waals surface area contributed by atoms with Gasteiger partial charge in [-0.15, -0.1) is 0 Å². The zero-order chi connectivity index (χ0) is 15.5. The van der Waals surface area contributed by atoms with Crippen LogP contribution in [0.5, 0.6) is 0 Å². The number of hydrogen-bond donors (Lipinski definition) is 2. The van der Waals surface area contributed by atoms with Crippen molar-refractivity contribution in [3.05, 3.63) is 0 Å². The van der Waals surface area contributed by atoms with Gasteiger partial charge in [0.2, 0.25) is 17.7 Å². The van der Waals surface area contributed by atoms with Crippen molar-refractivity contribution in [2.24, 2.45) is 5.92 Å². The van der Waals surface area contributed by atoms with Gasteiger partial charge in [0.1, 0.15) is 0 Å². The SMILES string of the molecule is CC1CCC(CO)(NC(=O)CCN2C(=O)CCC2=O)CC1. The van der Waals surface area contributed by atoms with E-state index < -0.39 is 5.54 Å². The molecule has 2 N–H and O–H groups in total. The topological polar surface area (TPSA) is 86.7 Å². The highest BCUT2D eigenvalue weighted by atomic mass is 16.3. The highest BCUT2D eigenvalue weighted by Gasteiger charge is 2.35. The maximum absolute atomic E-state index is 12.1. The molecule has 1 aliphatic heterocycles. The van der Waals surface area contributed by atoms with Crippen molar-refractivity contribution in [2.45, 2.75) is 57.4 Å². The lowest BCUT2D eigenvalue weighted by molar-refractivity contribution is -0.138. The van der Waals surface area contributed by atoms with Crippen molar-refractivity contribution >= 4 is 17.7 Å². The van der Waals surface area contributed by atoms with E-state index in [1.165, 1.54) is 0 Å². The molecule has 3 amide bonds. The van der Waals surface area contributed by atoms with Crippen LogP contribution >= 0.6 is 0 Å². The summed E-state index contributed by atoms with van der Waals surface area (Å²) in [4.78, 5) is 36.2. The largest absolute Gasteiger partial charge is 0.394 e. The first kappa shape index (κ1) is 15.9. The predicted octanol–water partition coefficient (Wildman–Crippen LogP) is 0.583. The fourth-order valence-electron chi connectivity index (χ4n) is 3.08. The van der Waals surface area contributed by atoms with Crippen molar-refractivity contribution in [3.63, 3.8) is 0 Å². The Morgan fingerprint density at radius 2 is 1.86 bits per heavy atom. The van der Waals surface area contributed by atoms with E-state index in [2.05, 4.69) is 12.2 Å². The molecular formula is C15H24N2O4. The average molecular weight is 296 g/mol. The van der Waals surface area contributed by atoms with E-state index in [4.69, 9.17) is 0 Å². The van der Waals surface area contributed by atoms with Crippen molar-refractivity contribution in [1.29, 1.82) is 0 Å². The number of hydrogen-bond acceptors (Lipinski definition) is 4. The summed E-state index contributed by atoms with van der Waals surface area (Å²) >= 11 is 0. The molecule has 1 heterocycles. The fourth-order valence-corrected chi connectivity index (χ4v) is 3.08. The van der Waals surface area contributed by atoms with Gasteiger partial charge < -0.3 is 10.4 Å². The number of aliphatic hydroxyl groups is 1. The van der Waals surface area contributed by atoms with Gasteiger partial charge in [0.25, 0.3) is 0 Å². The normalized spacial score (nSPS) is 29.8. The standard InChI is InChI=1S/C15H24N2O4/c1-11-4-7-15(10-18,8-5-11)16-12(19)6-9-17-13(20)2-3-14(17)21/h11,18H,2-10H2,1H3,(H,16,19). The number of carbonyl (C=O) groups excluding carboxylic acids is 3. The smallest absolute Gasteiger partial charge is 0.229 e. The zero-order valence-corrected chi connectivity index (χ0v) is 12.6. The molecule has 6 nitrogen and oxygen atoms in total. The Morgan fingerprint density at radius 1 is 1.29 bits per heavy atom. The Morgan fingerprint density at radius 3 is 2.38 bits per heavy atom. The number of aliphatic hydroxyl groups excluding tert-OH is 1. The van der Waals surface area contributed by atoms with Crippen molar-refractivity contribution in [3.8, 4) is 0 Å². The molecule has 0 aromatic heterocycles. The molecule has 0 spiro atoms. The molecule has 6 heteroatoms. The lowest BCUT2D eigenvalue weighted by Gasteiger charge is -2.38. The quantitative estimate of drug-likeness (QED) is 0.727. The number of carbonyl (C=O) groups is 3. The Bertz CT molecular complexity index is 411. The van der Waals surface area contributed by atoms with Gasteiger partial charge in [0, 0.05) is 25.8 Å². The molecule has 0 atom stereocenters. The van der Waals surface area contributed by atoms with Crippen LogP contribution in [0.1, 0.15) is 51.9 Å². The lowest BCUT2D eigenvalue weighted by Crippen LogP contribution is -2.53. The summed E-state index contributed by atoms with van der Waals surface area (Å²) in [6, 6.07) is 0. The number of nitrogens with one attached hydrogen (secondary N) is 1. The third kappa shape index (κ3) is 3.81. The molecule has 0 radical (unpaired) electrons. The van der Waals surface area contributed by atoms with Crippen LogP contribution in [0.4, 0.5) is 0 Å². The molecule has 2 aliphatic rings. The van der Waals surface area contributed by atoms with Gasteiger partial charge in [0.05, 0.1) is 12.1 Å². The summed E-state index contributed by atoms with van der Waals surface area (Å²) in [5, 5.41) is 12.5. The molecule has 21 heavy (non-hydrogen) atoms. The van der Waals surface area contributed by atoms with Crippen LogP contribution in [0.2, 0.25) is 0 Å². The van der Waals surface area contributed by atoms with Crippen LogP contribution in [-0.4, -0.2) is 46.4 Å². The molecular weight excluding hydrogens is 272 g/mol. The maximum Gasteiger partial charge on any atom is 0.229 e. The molecule has 0 unspecified atom stereocenters. The fraction of sp³-hybridized carbons (Fsp3) is 0.800. The van der Waals surface area contributed by atoms with E-state index in [-0.39, 0.29) is 50.1 Å². The van der Waals surface area contributed by atoms with Crippen molar-refractivity contribution < 1.29 is 19.5 Å². The van der Waals surface area contributed by atoms with E-state index in [1.807, 2.05) is 0 Å². The molecule has 1 saturated heterocycles. The van der Waals surface area contributed by atoms with Crippen LogP contribution in [0.3, 0.4) is 0 Å². The predicted molar refractivity (Wildman–Crippen MR) is 76.2 cm³/mol. The molecule has 2 rings (SSSR count). The number of likely N-dealkylation sites (tertiary alicyclic amines) is 1. The first-order valence-corrected chi connectivity index (χ1v) is 7.71. The second kappa shape index (κ2) is 6.56. The number of nitrogens with zero attached hydrogens (tertiary/aromatic N) is 1. The highest BCUT2D eigenvalue weighted by molar-refractivity contribution is 6.02. The van der Waals surface area contributed by atoms with Gasteiger partial charge in [-0.2, -0.15) is 0 Å². The summed E-state index contributed by atoms with van der Waals surface area (Å²) in [7, 11) is 0. The van der Waals surface area contributed by atoms with E-state index in [1.54, 1.807) is 0 Å². The van der Waals surface area contributed by atoms with Gasteiger partial charge in [-0.1, -0.05) is 6.92 Å². The van der Waals surface area contributed by atoms with Crippen LogP contribution in [0.25, 0.3) is 0 Å². The Labute approximate surface area is 124 Å². The molecule has 118 valence electrons. The number of rotatable bonds is 5. The van der Waals surface area contributed by atoms with Gasteiger partial charge in [-0.05, 0) is 31.6 Å². The van der Waals surface area contributed by atoms with E-state index >= 15 is 0 Å². The third-order valence-corrected chi connectivity index (χ3v) is 4.66. The Kier molecular flexibility index (Phi) is 4.98. The van der Waals surface area contributed by atoms with E-state index in [0.29, 0.717) is 5.92 Å². The Balaban J connectivity index is 1.83. The average Bonchev–Trinajstić information content (AvgIpc) is 2.79. The summed E-state index contributed by atoms with van der Waals surface area (Å²) in [5.41, 5.74) is -0.525. The summed E-state index contributed by atoms with van der Waals surface area (Å²) in [6.45, 7) is 2.25. The monoisotopic (exact) mass is 296 g/mol. The van der Waals surface area contributed by atoms with Crippen molar-refractivity contribution in [2.75, 3.05) is 13.2 Å². The molecule has 2 fully saturated rings. The van der Waals surface area contributed by atoms with Crippen LogP contribution in [-0.2, 0) is 14.4 Å². The van der Waals surface area contributed by atoms with Gasteiger partial charge >= 0.3 is 0 Å². The highest BCUT2D eigenvalue weighted by Crippen LogP contribution is 2.31. The van der Waals surface area contributed by atoms with E-state index in [0.717, 1.165) is 30.6 Å². The summed E-state index contributed by atoms with van der Waals surface area (Å²) in [5.74, 6) is 0.0276. The first-order valence-electron chi connectivity index (χ1n) is 7.71. The first-order chi connectivity index (χ1) is 9.96. The van der Waals surface area contributed by atoms with Crippen LogP contribution in [0, 0.1) is 5.92 Å². The Hall–Kier alpha value is -1.43. The lowest BCUT2D eigenvalue weighted by atomic mass is 9.77. The molecule has 1 aliphatic carbocycles. The minimum absolute atomic E-state index is 0.0625. The number of amides is 3. The van der Waals surface area contributed by atoms with Crippen LogP contribution < -0.4 is 5.32 Å². The zero-order valence-electron chi connectivity index (χ0n) is 12.6.